The van der Waals surface area contributed by atoms with E-state index in [0.717, 1.165) is 31.4 Å². The van der Waals surface area contributed by atoms with Crippen LogP contribution in [0.2, 0.25) is 0 Å². The minimum Gasteiger partial charge on any atom is -0.399 e. The second-order valence-electron chi connectivity index (χ2n) is 4.60. The van der Waals surface area contributed by atoms with Crippen LogP contribution in [0.25, 0.3) is 0 Å². The van der Waals surface area contributed by atoms with Gasteiger partial charge < -0.3 is 10.5 Å². The maximum absolute atomic E-state index is 12.6. The summed E-state index contributed by atoms with van der Waals surface area (Å²) in [5.74, 6) is 0. The van der Waals surface area contributed by atoms with E-state index in [1.807, 2.05) is 0 Å². The van der Waals surface area contributed by atoms with E-state index < -0.39 is 11.7 Å². The lowest BCUT2D eigenvalue weighted by Gasteiger charge is -2.23. The number of nitrogens with two attached hydrogens (primary N) is 1. The Bertz CT molecular complexity index is 411. The molecule has 0 radical (unpaired) electrons. The second kappa shape index (κ2) is 5.18. The average molecular weight is 259 g/mol. The Kier molecular flexibility index (Phi) is 3.80. The molecule has 1 heterocycles. The highest BCUT2D eigenvalue weighted by atomic mass is 19.4. The zero-order valence-corrected chi connectivity index (χ0v) is 9.96. The van der Waals surface area contributed by atoms with Crippen LogP contribution in [-0.2, 0) is 17.3 Å². The fraction of sp³-hybridized carbons (Fsp3) is 0.538. The Hall–Kier alpha value is -1.23. The fourth-order valence-electron chi connectivity index (χ4n) is 2.17. The predicted molar refractivity (Wildman–Crippen MR) is 63.2 cm³/mol. The summed E-state index contributed by atoms with van der Waals surface area (Å²) in [4.78, 5) is 0. The number of nitrogen functional groups attached to an aromatic ring is 1. The molecule has 0 bridgehead atoms. The van der Waals surface area contributed by atoms with E-state index in [1.165, 1.54) is 6.07 Å². The van der Waals surface area contributed by atoms with Crippen molar-refractivity contribution in [3.63, 3.8) is 0 Å². The summed E-state index contributed by atoms with van der Waals surface area (Å²) in [5.41, 5.74) is 6.00. The third-order valence-electron chi connectivity index (χ3n) is 3.19. The van der Waals surface area contributed by atoms with E-state index in [4.69, 9.17) is 10.5 Å². The number of alkyl halides is 3. The summed E-state index contributed by atoms with van der Waals surface area (Å²) in [5, 5.41) is 0. The molecule has 1 saturated heterocycles. The summed E-state index contributed by atoms with van der Waals surface area (Å²) in [6, 6.07) is 3.47. The molecule has 0 saturated carbocycles. The number of halogens is 3. The van der Waals surface area contributed by atoms with Gasteiger partial charge in [0.2, 0.25) is 0 Å². The lowest BCUT2D eigenvalue weighted by Crippen LogP contribution is -2.22. The first-order valence-electron chi connectivity index (χ1n) is 6.04. The number of anilines is 1. The number of rotatable bonds is 2. The Morgan fingerprint density at radius 3 is 2.67 bits per heavy atom. The molecule has 1 aromatic carbocycles. The minimum atomic E-state index is -4.32. The molecule has 18 heavy (non-hydrogen) atoms. The maximum atomic E-state index is 12.6. The number of ether oxygens (including phenoxy) is 1. The van der Waals surface area contributed by atoms with Gasteiger partial charge >= 0.3 is 6.18 Å². The van der Waals surface area contributed by atoms with Crippen LogP contribution < -0.4 is 5.73 Å². The standard InChI is InChI=1S/C13H16F3NO/c14-13(15,16)10-4-5-12(17)9(7-10)8-11-3-1-2-6-18-11/h4-5,7,11H,1-3,6,8,17H2. The van der Waals surface area contributed by atoms with Crippen molar-refractivity contribution < 1.29 is 17.9 Å². The summed E-state index contributed by atoms with van der Waals surface area (Å²) in [7, 11) is 0. The first-order chi connectivity index (χ1) is 8.47. The average Bonchev–Trinajstić information content (AvgIpc) is 2.32. The van der Waals surface area contributed by atoms with Gasteiger partial charge in [-0.25, -0.2) is 0 Å². The van der Waals surface area contributed by atoms with E-state index in [1.54, 1.807) is 0 Å². The van der Waals surface area contributed by atoms with E-state index >= 15 is 0 Å². The van der Waals surface area contributed by atoms with Crippen molar-refractivity contribution in [3.8, 4) is 0 Å². The summed E-state index contributed by atoms with van der Waals surface area (Å²) in [6.45, 7) is 0.684. The first-order valence-corrected chi connectivity index (χ1v) is 6.04. The fourth-order valence-corrected chi connectivity index (χ4v) is 2.17. The number of benzene rings is 1. The molecule has 2 N–H and O–H groups in total. The zero-order valence-electron chi connectivity index (χ0n) is 9.96. The number of hydrogen-bond donors (Lipinski definition) is 1. The second-order valence-corrected chi connectivity index (χ2v) is 4.60. The molecule has 1 aromatic rings. The Balaban J connectivity index is 2.15. The monoisotopic (exact) mass is 259 g/mol. The van der Waals surface area contributed by atoms with E-state index in [9.17, 15) is 13.2 Å². The van der Waals surface area contributed by atoms with E-state index in [0.29, 0.717) is 24.3 Å². The van der Waals surface area contributed by atoms with Crippen molar-refractivity contribution in [2.75, 3.05) is 12.3 Å². The Labute approximate surface area is 104 Å². The van der Waals surface area contributed by atoms with Gasteiger partial charge in [0, 0.05) is 18.7 Å². The molecule has 1 atom stereocenters. The van der Waals surface area contributed by atoms with Crippen molar-refractivity contribution in [3.05, 3.63) is 29.3 Å². The van der Waals surface area contributed by atoms with Crippen molar-refractivity contribution in [2.24, 2.45) is 0 Å². The summed E-state index contributed by atoms with van der Waals surface area (Å²) < 4.78 is 43.3. The van der Waals surface area contributed by atoms with Gasteiger partial charge in [0.05, 0.1) is 11.7 Å². The molecule has 5 heteroatoms. The Morgan fingerprint density at radius 2 is 2.06 bits per heavy atom. The smallest absolute Gasteiger partial charge is 0.399 e. The van der Waals surface area contributed by atoms with Gasteiger partial charge in [-0.3, -0.25) is 0 Å². The van der Waals surface area contributed by atoms with Gasteiger partial charge in [-0.2, -0.15) is 13.2 Å². The largest absolute Gasteiger partial charge is 0.416 e. The Morgan fingerprint density at radius 1 is 1.28 bits per heavy atom. The van der Waals surface area contributed by atoms with Crippen LogP contribution in [0.4, 0.5) is 18.9 Å². The minimum absolute atomic E-state index is 0.00969. The van der Waals surface area contributed by atoms with Crippen molar-refractivity contribution in [1.82, 2.24) is 0 Å². The van der Waals surface area contributed by atoms with Crippen LogP contribution in [-0.4, -0.2) is 12.7 Å². The normalized spacial score (nSPS) is 20.9. The van der Waals surface area contributed by atoms with E-state index in [2.05, 4.69) is 0 Å². The highest BCUT2D eigenvalue weighted by Crippen LogP contribution is 2.32. The maximum Gasteiger partial charge on any atom is 0.416 e. The predicted octanol–water partition coefficient (Wildman–Crippen LogP) is 3.40. The van der Waals surface area contributed by atoms with Crippen LogP contribution in [0.5, 0.6) is 0 Å². The highest BCUT2D eigenvalue weighted by Gasteiger charge is 2.31. The quantitative estimate of drug-likeness (QED) is 0.826. The van der Waals surface area contributed by atoms with Crippen molar-refractivity contribution in [2.45, 2.75) is 38.0 Å². The molecule has 1 aliphatic heterocycles. The molecule has 0 amide bonds. The molecule has 100 valence electrons. The van der Waals surface area contributed by atoms with Gasteiger partial charge in [-0.15, -0.1) is 0 Å². The van der Waals surface area contributed by atoms with Crippen LogP contribution in [0.3, 0.4) is 0 Å². The summed E-state index contributed by atoms with van der Waals surface area (Å²) in [6.07, 6.45) is -0.913. The molecular weight excluding hydrogens is 243 g/mol. The van der Waals surface area contributed by atoms with Gasteiger partial charge in [0.15, 0.2) is 0 Å². The van der Waals surface area contributed by atoms with Crippen LogP contribution in [0, 0.1) is 0 Å². The molecule has 1 fully saturated rings. The van der Waals surface area contributed by atoms with Gasteiger partial charge in [-0.05, 0) is 43.0 Å². The van der Waals surface area contributed by atoms with Gasteiger partial charge in [-0.1, -0.05) is 0 Å². The van der Waals surface area contributed by atoms with Gasteiger partial charge in [0.1, 0.15) is 0 Å². The molecule has 0 aromatic heterocycles. The number of hydrogen-bond acceptors (Lipinski definition) is 2. The molecule has 1 aliphatic rings. The first kappa shape index (κ1) is 13.2. The molecule has 0 spiro atoms. The van der Waals surface area contributed by atoms with Crippen LogP contribution in [0.1, 0.15) is 30.4 Å². The lowest BCUT2D eigenvalue weighted by atomic mass is 9.98. The lowest BCUT2D eigenvalue weighted by molar-refractivity contribution is -0.137. The third kappa shape index (κ3) is 3.16. The molecule has 2 rings (SSSR count). The van der Waals surface area contributed by atoms with E-state index in [-0.39, 0.29) is 6.10 Å². The van der Waals surface area contributed by atoms with Crippen molar-refractivity contribution >= 4 is 5.69 Å². The van der Waals surface area contributed by atoms with Crippen LogP contribution in [0.15, 0.2) is 18.2 Å². The molecule has 2 nitrogen and oxygen atoms in total. The third-order valence-corrected chi connectivity index (χ3v) is 3.19. The molecule has 1 unspecified atom stereocenters. The van der Waals surface area contributed by atoms with Gasteiger partial charge in [0.25, 0.3) is 0 Å². The molecular formula is C13H16F3NO. The highest BCUT2D eigenvalue weighted by molar-refractivity contribution is 5.49. The SMILES string of the molecule is Nc1ccc(C(F)(F)F)cc1CC1CCCCO1. The van der Waals surface area contributed by atoms with Crippen LogP contribution >= 0.6 is 0 Å². The molecule has 0 aliphatic carbocycles. The topological polar surface area (TPSA) is 35.2 Å². The zero-order chi connectivity index (χ0) is 13.2. The van der Waals surface area contributed by atoms with Crippen molar-refractivity contribution in [1.29, 1.82) is 0 Å². The summed E-state index contributed by atoms with van der Waals surface area (Å²) >= 11 is 0.